The zero-order valence-electron chi connectivity index (χ0n) is 11.2. The van der Waals surface area contributed by atoms with Crippen molar-refractivity contribution >= 4 is 5.69 Å². The molecule has 0 saturated carbocycles. The second-order valence-electron chi connectivity index (χ2n) is 5.27. The molecule has 1 N–H and O–H groups in total. The van der Waals surface area contributed by atoms with Gasteiger partial charge in [0.15, 0.2) is 0 Å². The van der Waals surface area contributed by atoms with Crippen LogP contribution in [0.15, 0.2) is 24.3 Å². The molecule has 0 amide bonds. The molecule has 2 unspecified atom stereocenters. The van der Waals surface area contributed by atoms with Crippen LogP contribution in [0.1, 0.15) is 25.3 Å². The number of piperidine rings is 1. The van der Waals surface area contributed by atoms with Gasteiger partial charge in [-0.15, -0.1) is 0 Å². The highest BCUT2D eigenvalue weighted by Crippen LogP contribution is 2.31. The molecule has 0 bridgehead atoms. The van der Waals surface area contributed by atoms with Crippen molar-refractivity contribution in [3.8, 4) is 0 Å². The number of nitrogens with zero attached hydrogens (tertiary/aromatic N) is 1. The molecular weight excluding hydrogens is 253 g/mol. The third-order valence-corrected chi connectivity index (χ3v) is 3.77. The average molecular weight is 272 g/mol. The van der Waals surface area contributed by atoms with Crippen LogP contribution in [-0.2, 0) is 6.18 Å². The van der Waals surface area contributed by atoms with E-state index < -0.39 is 11.7 Å². The van der Waals surface area contributed by atoms with Gasteiger partial charge in [-0.1, -0.05) is 6.07 Å². The van der Waals surface area contributed by atoms with Crippen LogP contribution in [0.5, 0.6) is 0 Å². The van der Waals surface area contributed by atoms with Crippen LogP contribution in [0.25, 0.3) is 0 Å². The van der Waals surface area contributed by atoms with Gasteiger partial charge in [0.05, 0.1) is 5.56 Å². The minimum atomic E-state index is -4.28. The topological polar surface area (TPSA) is 15.3 Å². The van der Waals surface area contributed by atoms with Crippen LogP contribution in [0.3, 0.4) is 0 Å². The molecule has 2 atom stereocenters. The third kappa shape index (κ3) is 3.62. The van der Waals surface area contributed by atoms with E-state index in [1.807, 2.05) is 0 Å². The predicted molar refractivity (Wildman–Crippen MR) is 70.2 cm³/mol. The number of likely N-dealkylation sites (tertiary alicyclic amines) is 1. The van der Waals surface area contributed by atoms with Crippen LogP contribution in [0.2, 0.25) is 0 Å². The molecule has 1 heterocycles. The van der Waals surface area contributed by atoms with Crippen molar-refractivity contribution in [1.29, 1.82) is 0 Å². The number of hydrogen-bond acceptors (Lipinski definition) is 2. The maximum absolute atomic E-state index is 12.6. The first-order valence-corrected chi connectivity index (χ1v) is 6.50. The molecule has 2 rings (SSSR count). The number of anilines is 1. The van der Waals surface area contributed by atoms with Crippen molar-refractivity contribution in [2.45, 2.75) is 38.0 Å². The van der Waals surface area contributed by atoms with Gasteiger partial charge < -0.3 is 10.2 Å². The summed E-state index contributed by atoms with van der Waals surface area (Å²) >= 11 is 0. The molecule has 1 aromatic carbocycles. The molecule has 0 spiro atoms. The summed E-state index contributed by atoms with van der Waals surface area (Å²) in [5, 5.41) is 3.22. The Bertz CT molecular complexity index is 431. The SMILES string of the molecule is CC1CC(Nc2cccc(C(F)(F)F)c2)CCN1C. The fraction of sp³-hybridized carbons (Fsp3) is 0.571. The summed E-state index contributed by atoms with van der Waals surface area (Å²) in [5.74, 6) is 0. The van der Waals surface area contributed by atoms with E-state index in [0.29, 0.717) is 11.7 Å². The molecule has 19 heavy (non-hydrogen) atoms. The fourth-order valence-corrected chi connectivity index (χ4v) is 2.44. The molecule has 0 radical (unpaired) electrons. The quantitative estimate of drug-likeness (QED) is 0.885. The van der Waals surface area contributed by atoms with Gasteiger partial charge >= 0.3 is 6.18 Å². The molecule has 106 valence electrons. The summed E-state index contributed by atoms with van der Waals surface area (Å²) in [6, 6.07) is 6.12. The van der Waals surface area contributed by atoms with E-state index in [9.17, 15) is 13.2 Å². The Labute approximate surface area is 111 Å². The summed E-state index contributed by atoms with van der Waals surface area (Å²) in [7, 11) is 2.07. The van der Waals surface area contributed by atoms with E-state index in [2.05, 4.69) is 24.2 Å². The van der Waals surface area contributed by atoms with Gasteiger partial charge in [0.2, 0.25) is 0 Å². The van der Waals surface area contributed by atoms with Crippen molar-refractivity contribution in [1.82, 2.24) is 4.90 Å². The zero-order valence-corrected chi connectivity index (χ0v) is 11.2. The normalized spacial score (nSPS) is 25.3. The lowest BCUT2D eigenvalue weighted by Crippen LogP contribution is -2.42. The Morgan fingerprint density at radius 2 is 2.05 bits per heavy atom. The molecule has 1 saturated heterocycles. The van der Waals surface area contributed by atoms with E-state index >= 15 is 0 Å². The maximum atomic E-state index is 12.6. The van der Waals surface area contributed by atoms with Gasteiger partial charge in [-0.3, -0.25) is 0 Å². The highest BCUT2D eigenvalue weighted by atomic mass is 19.4. The van der Waals surface area contributed by atoms with E-state index in [0.717, 1.165) is 25.5 Å². The van der Waals surface area contributed by atoms with Crippen molar-refractivity contribution in [3.05, 3.63) is 29.8 Å². The van der Waals surface area contributed by atoms with Crippen LogP contribution in [0.4, 0.5) is 18.9 Å². The summed E-state index contributed by atoms with van der Waals surface area (Å²) in [5.41, 5.74) is -0.0462. The van der Waals surface area contributed by atoms with E-state index in [-0.39, 0.29) is 6.04 Å². The molecule has 0 aliphatic carbocycles. The average Bonchev–Trinajstić information content (AvgIpc) is 2.33. The first kappa shape index (κ1) is 14.2. The van der Waals surface area contributed by atoms with Gasteiger partial charge in [0.1, 0.15) is 0 Å². The minimum Gasteiger partial charge on any atom is -0.382 e. The standard InChI is InChI=1S/C14H19F3N2/c1-10-8-13(6-7-19(10)2)18-12-5-3-4-11(9-12)14(15,16)17/h3-5,9-10,13,18H,6-8H2,1-2H3. The van der Waals surface area contributed by atoms with Crippen LogP contribution < -0.4 is 5.32 Å². The number of benzene rings is 1. The number of halogens is 3. The van der Waals surface area contributed by atoms with Crippen molar-refractivity contribution in [3.63, 3.8) is 0 Å². The summed E-state index contributed by atoms with van der Waals surface area (Å²) in [6.45, 7) is 3.11. The lowest BCUT2D eigenvalue weighted by Gasteiger charge is -2.35. The second kappa shape index (κ2) is 5.41. The van der Waals surface area contributed by atoms with E-state index in [1.165, 1.54) is 12.1 Å². The smallest absolute Gasteiger partial charge is 0.382 e. The highest BCUT2D eigenvalue weighted by molar-refractivity contribution is 5.47. The predicted octanol–water partition coefficient (Wildman–Crippen LogP) is 3.60. The Kier molecular flexibility index (Phi) is 4.04. The molecule has 1 aromatic rings. The number of alkyl halides is 3. The first-order valence-electron chi connectivity index (χ1n) is 6.50. The molecule has 1 fully saturated rings. The monoisotopic (exact) mass is 272 g/mol. The fourth-order valence-electron chi connectivity index (χ4n) is 2.44. The maximum Gasteiger partial charge on any atom is 0.416 e. The Morgan fingerprint density at radius 1 is 1.32 bits per heavy atom. The number of rotatable bonds is 2. The summed E-state index contributed by atoms with van der Waals surface area (Å²) in [4.78, 5) is 2.27. The van der Waals surface area contributed by atoms with Gasteiger partial charge in [0.25, 0.3) is 0 Å². The molecule has 2 nitrogen and oxygen atoms in total. The van der Waals surface area contributed by atoms with E-state index in [1.54, 1.807) is 6.07 Å². The van der Waals surface area contributed by atoms with Gasteiger partial charge in [0, 0.05) is 24.3 Å². The lowest BCUT2D eigenvalue weighted by molar-refractivity contribution is -0.137. The second-order valence-corrected chi connectivity index (χ2v) is 5.27. The van der Waals surface area contributed by atoms with E-state index in [4.69, 9.17) is 0 Å². The first-order chi connectivity index (χ1) is 8.86. The van der Waals surface area contributed by atoms with Crippen LogP contribution in [0, 0.1) is 0 Å². The van der Waals surface area contributed by atoms with Gasteiger partial charge in [-0.25, -0.2) is 0 Å². The molecule has 1 aliphatic heterocycles. The van der Waals surface area contributed by atoms with Crippen LogP contribution >= 0.6 is 0 Å². The summed E-state index contributed by atoms with van der Waals surface area (Å²) in [6.07, 6.45) is -2.37. The molecular formula is C14H19F3N2. The Morgan fingerprint density at radius 3 is 2.68 bits per heavy atom. The summed E-state index contributed by atoms with van der Waals surface area (Å²) < 4.78 is 37.9. The van der Waals surface area contributed by atoms with Crippen molar-refractivity contribution in [2.24, 2.45) is 0 Å². The van der Waals surface area contributed by atoms with Crippen molar-refractivity contribution < 1.29 is 13.2 Å². The van der Waals surface area contributed by atoms with Crippen LogP contribution in [-0.4, -0.2) is 30.6 Å². The van der Waals surface area contributed by atoms with Gasteiger partial charge in [-0.05, 0) is 45.0 Å². The lowest BCUT2D eigenvalue weighted by atomic mass is 9.98. The van der Waals surface area contributed by atoms with Gasteiger partial charge in [-0.2, -0.15) is 13.2 Å². The zero-order chi connectivity index (χ0) is 14.0. The van der Waals surface area contributed by atoms with Crippen molar-refractivity contribution in [2.75, 3.05) is 18.9 Å². The Hall–Kier alpha value is -1.23. The Balaban J connectivity index is 2.04. The highest BCUT2D eigenvalue weighted by Gasteiger charge is 2.30. The third-order valence-electron chi connectivity index (χ3n) is 3.77. The number of nitrogens with one attached hydrogen (secondary N) is 1. The molecule has 1 aliphatic rings. The molecule has 0 aromatic heterocycles. The molecule has 5 heteroatoms. The number of hydrogen-bond donors (Lipinski definition) is 1. The largest absolute Gasteiger partial charge is 0.416 e. The minimum absolute atomic E-state index is 0.245.